The van der Waals surface area contributed by atoms with E-state index in [-0.39, 0.29) is 18.0 Å². The van der Waals surface area contributed by atoms with E-state index in [1.807, 2.05) is 12.1 Å². The quantitative estimate of drug-likeness (QED) is 0.735. The second-order valence-corrected chi connectivity index (χ2v) is 9.97. The molecule has 0 heterocycles. The summed E-state index contributed by atoms with van der Waals surface area (Å²) in [6.07, 6.45) is 0.288. The molecule has 0 N–H and O–H groups in total. The number of ketones is 1. The molecule has 0 aliphatic carbocycles. The SMILES string of the molecule is CC(C)(C)S(=O)(=O)Cc1ccc(C(=O)Cc2ccc(Cl)cc2)cc1. The van der Waals surface area contributed by atoms with Crippen LogP contribution in [-0.2, 0) is 22.0 Å². The third-order valence-corrected chi connectivity index (χ3v) is 6.67. The highest BCUT2D eigenvalue weighted by Gasteiger charge is 2.28. The molecule has 0 atom stereocenters. The second kappa shape index (κ2) is 7.08. The predicted molar refractivity (Wildman–Crippen MR) is 98.3 cm³/mol. The molecule has 2 aromatic rings. The predicted octanol–water partition coefficient (Wildman–Crippen LogP) is 4.48. The first-order valence-electron chi connectivity index (χ1n) is 7.67. The Bertz CT molecular complexity index is 814. The molecule has 0 unspecified atom stereocenters. The maximum absolute atomic E-state index is 12.3. The maximum Gasteiger partial charge on any atom is 0.167 e. The molecule has 0 bridgehead atoms. The standard InChI is InChI=1S/C19H21ClO3S/c1-19(2,3)24(22,23)13-15-4-8-16(9-5-15)18(21)12-14-6-10-17(20)11-7-14/h4-11H,12-13H2,1-3H3. The van der Waals surface area contributed by atoms with Gasteiger partial charge in [-0.05, 0) is 44.0 Å². The van der Waals surface area contributed by atoms with Crippen molar-refractivity contribution in [2.45, 2.75) is 37.7 Å². The van der Waals surface area contributed by atoms with Crippen LogP contribution in [0.5, 0.6) is 0 Å². The minimum Gasteiger partial charge on any atom is -0.294 e. The van der Waals surface area contributed by atoms with Gasteiger partial charge in [-0.3, -0.25) is 4.79 Å². The molecular formula is C19H21ClO3S. The Morgan fingerprint density at radius 2 is 1.42 bits per heavy atom. The number of hydrogen-bond donors (Lipinski definition) is 0. The van der Waals surface area contributed by atoms with Crippen LogP contribution in [0.15, 0.2) is 48.5 Å². The van der Waals surface area contributed by atoms with Crippen LogP contribution in [0, 0.1) is 0 Å². The van der Waals surface area contributed by atoms with Crippen LogP contribution in [0.4, 0.5) is 0 Å². The summed E-state index contributed by atoms with van der Waals surface area (Å²) in [5.74, 6) is -0.0372. The minimum absolute atomic E-state index is 0.0115. The monoisotopic (exact) mass is 364 g/mol. The summed E-state index contributed by atoms with van der Waals surface area (Å²) in [6.45, 7) is 5.06. The first kappa shape index (κ1) is 18.7. The fourth-order valence-electron chi connectivity index (χ4n) is 2.11. The lowest BCUT2D eigenvalue weighted by Crippen LogP contribution is -2.29. The van der Waals surface area contributed by atoms with E-state index in [0.29, 0.717) is 16.1 Å². The molecule has 3 nitrogen and oxygen atoms in total. The van der Waals surface area contributed by atoms with Gasteiger partial charge in [0, 0.05) is 17.0 Å². The number of Topliss-reactive ketones (excluding diaryl/α,β-unsaturated/α-hetero) is 1. The highest BCUT2D eigenvalue weighted by molar-refractivity contribution is 7.91. The molecule has 0 amide bonds. The third kappa shape index (κ3) is 4.68. The van der Waals surface area contributed by atoms with Crippen molar-refractivity contribution in [2.75, 3.05) is 0 Å². The van der Waals surface area contributed by atoms with E-state index in [2.05, 4.69) is 0 Å². The van der Waals surface area contributed by atoms with Gasteiger partial charge in [-0.2, -0.15) is 0 Å². The van der Waals surface area contributed by atoms with Crippen molar-refractivity contribution in [2.24, 2.45) is 0 Å². The third-order valence-electron chi connectivity index (χ3n) is 3.84. The summed E-state index contributed by atoms with van der Waals surface area (Å²) in [5.41, 5.74) is 2.15. The molecule has 5 heteroatoms. The smallest absolute Gasteiger partial charge is 0.167 e. The summed E-state index contributed by atoms with van der Waals surface area (Å²) in [7, 11) is -3.23. The Morgan fingerprint density at radius 3 is 1.92 bits per heavy atom. The molecule has 0 saturated heterocycles. The van der Waals surface area contributed by atoms with Crippen molar-refractivity contribution in [3.63, 3.8) is 0 Å². The lowest BCUT2D eigenvalue weighted by molar-refractivity contribution is 0.0993. The van der Waals surface area contributed by atoms with Crippen LogP contribution in [0.1, 0.15) is 42.3 Å². The van der Waals surface area contributed by atoms with Gasteiger partial charge in [-0.1, -0.05) is 48.0 Å². The van der Waals surface area contributed by atoms with Gasteiger partial charge in [-0.25, -0.2) is 8.42 Å². The highest BCUT2D eigenvalue weighted by atomic mass is 35.5. The molecule has 2 aromatic carbocycles. The van der Waals surface area contributed by atoms with Crippen molar-refractivity contribution >= 4 is 27.2 Å². The molecule has 24 heavy (non-hydrogen) atoms. The summed E-state index contributed by atoms with van der Waals surface area (Å²) in [4.78, 5) is 12.3. The number of rotatable bonds is 5. The lowest BCUT2D eigenvalue weighted by atomic mass is 10.0. The molecule has 0 aliphatic heterocycles. The maximum atomic E-state index is 12.3. The van der Waals surface area contributed by atoms with Crippen LogP contribution >= 0.6 is 11.6 Å². The Morgan fingerprint density at radius 1 is 0.917 bits per heavy atom. The van der Waals surface area contributed by atoms with Crippen LogP contribution in [0.3, 0.4) is 0 Å². The summed E-state index contributed by atoms with van der Waals surface area (Å²) < 4.78 is 23.7. The van der Waals surface area contributed by atoms with Gasteiger partial charge < -0.3 is 0 Å². The zero-order chi connectivity index (χ0) is 18.0. The highest BCUT2D eigenvalue weighted by Crippen LogP contribution is 2.21. The molecule has 0 fully saturated rings. The molecule has 0 saturated carbocycles. The molecule has 0 aliphatic rings. The fraction of sp³-hybridized carbons (Fsp3) is 0.316. The van der Waals surface area contributed by atoms with E-state index in [9.17, 15) is 13.2 Å². The molecule has 2 rings (SSSR count). The summed E-state index contributed by atoms with van der Waals surface area (Å²) in [5, 5.41) is 0.635. The van der Waals surface area contributed by atoms with Crippen LogP contribution in [-0.4, -0.2) is 18.9 Å². The van der Waals surface area contributed by atoms with E-state index in [4.69, 9.17) is 11.6 Å². The molecule has 128 valence electrons. The number of sulfone groups is 1. The average Bonchev–Trinajstić information content (AvgIpc) is 2.49. The molecular weight excluding hydrogens is 344 g/mol. The summed E-state index contributed by atoms with van der Waals surface area (Å²) in [6, 6.07) is 13.9. The van der Waals surface area contributed by atoms with Crippen molar-refractivity contribution in [1.82, 2.24) is 0 Å². The fourth-order valence-corrected chi connectivity index (χ4v) is 3.30. The normalized spacial score (nSPS) is 12.2. The average molecular weight is 365 g/mol. The molecule has 0 aromatic heterocycles. The van der Waals surface area contributed by atoms with E-state index in [1.165, 1.54) is 0 Å². The van der Waals surface area contributed by atoms with E-state index >= 15 is 0 Å². The number of halogens is 1. The van der Waals surface area contributed by atoms with E-state index < -0.39 is 14.6 Å². The summed E-state index contributed by atoms with van der Waals surface area (Å²) >= 11 is 5.83. The van der Waals surface area contributed by atoms with Gasteiger partial charge in [0.25, 0.3) is 0 Å². The minimum atomic E-state index is -3.23. The first-order chi connectivity index (χ1) is 11.1. The topological polar surface area (TPSA) is 51.2 Å². The van der Waals surface area contributed by atoms with Crippen LogP contribution in [0.25, 0.3) is 0 Å². The van der Waals surface area contributed by atoms with Crippen molar-refractivity contribution in [1.29, 1.82) is 0 Å². The van der Waals surface area contributed by atoms with Crippen LogP contribution in [0.2, 0.25) is 5.02 Å². The Balaban J connectivity index is 2.09. The van der Waals surface area contributed by atoms with Gasteiger partial charge in [0.15, 0.2) is 15.6 Å². The van der Waals surface area contributed by atoms with Gasteiger partial charge in [0.2, 0.25) is 0 Å². The number of hydrogen-bond acceptors (Lipinski definition) is 3. The lowest BCUT2D eigenvalue weighted by Gasteiger charge is -2.19. The van der Waals surface area contributed by atoms with Gasteiger partial charge >= 0.3 is 0 Å². The van der Waals surface area contributed by atoms with Crippen molar-refractivity contribution in [3.05, 3.63) is 70.2 Å². The molecule has 0 radical (unpaired) electrons. The zero-order valence-electron chi connectivity index (χ0n) is 14.0. The van der Waals surface area contributed by atoms with Crippen LogP contribution < -0.4 is 0 Å². The number of benzene rings is 2. The van der Waals surface area contributed by atoms with Gasteiger partial charge in [0.05, 0.1) is 10.5 Å². The largest absolute Gasteiger partial charge is 0.294 e. The second-order valence-electron chi connectivity index (χ2n) is 6.79. The molecule has 0 spiro atoms. The number of carbonyl (C=O) groups is 1. The van der Waals surface area contributed by atoms with Crippen molar-refractivity contribution < 1.29 is 13.2 Å². The Labute approximate surface area is 148 Å². The number of carbonyl (C=O) groups excluding carboxylic acids is 1. The van der Waals surface area contributed by atoms with E-state index in [0.717, 1.165) is 5.56 Å². The zero-order valence-corrected chi connectivity index (χ0v) is 15.6. The van der Waals surface area contributed by atoms with Gasteiger partial charge in [0.1, 0.15) is 0 Å². The van der Waals surface area contributed by atoms with Gasteiger partial charge in [-0.15, -0.1) is 0 Å². The Hall–Kier alpha value is -1.65. The van der Waals surface area contributed by atoms with Crippen molar-refractivity contribution in [3.8, 4) is 0 Å². The Kier molecular flexibility index (Phi) is 5.51. The first-order valence-corrected chi connectivity index (χ1v) is 9.70. The van der Waals surface area contributed by atoms with E-state index in [1.54, 1.807) is 57.2 Å².